The van der Waals surface area contributed by atoms with Crippen LogP contribution in [-0.4, -0.2) is 24.0 Å². The number of guanidine groups is 1. The van der Waals surface area contributed by atoms with Gasteiger partial charge in [-0.15, -0.1) is 24.0 Å². The third kappa shape index (κ3) is 8.75. The van der Waals surface area contributed by atoms with Crippen LogP contribution in [0.5, 0.6) is 0 Å². The summed E-state index contributed by atoms with van der Waals surface area (Å²) in [5.41, 5.74) is 2.65. The molecule has 0 radical (unpaired) electrons. The van der Waals surface area contributed by atoms with Gasteiger partial charge in [-0.1, -0.05) is 12.1 Å². The predicted octanol–water partition coefficient (Wildman–Crippen LogP) is 4.15. The summed E-state index contributed by atoms with van der Waals surface area (Å²) in [5, 5.41) is 13.7. The lowest BCUT2D eigenvalue weighted by molar-refractivity contribution is 0.0919. The highest BCUT2D eigenvalue weighted by Gasteiger charge is 2.15. The average Bonchev–Trinajstić information content (AvgIpc) is 3.09. The SMILES string of the molecule is CCNC(=NCc1ccsc1)NCc1cccc(C(=O)NC(C)(C)C)c1.I. The fraction of sp³-hybridized carbons (Fsp3) is 0.400. The number of carbonyl (C=O) groups is 1. The molecule has 0 aliphatic carbocycles. The Hall–Kier alpha value is -1.61. The lowest BCUT2D eigenvalue weighted by atomic mass is 10.1. The zero-order valence-corrected chi connectivity index (χ0v) is 19.5. The molecule has 0 aliphatic heterocycles. The minimum Gasteiger partial charge on any atom is -0.357 e. The first-order valence-electron chi connectivity index (χ1n) is 8.82. The molecule has 0 aliphatic rings. The molecular formula is C20H29IN4OS. The van der Waals surface area contributed by atoms with Crippen LogP contribution in [0.1, 0.15) is 49.2 Å². The molecule has 5 nitrogen and oxygen atoms in total. The molecule has 0 bridgehead atoms. The molecule has 1 heterocycles. The number of amides is 1. The fourth-order valence-corrected chi connectivity index (χ4v) is 2.98. The van der Waals surface area contributed by atoms with E-state index in [2.05, 4.69) is 37.8 Å². The molecule has 0 unspecified atom stereocenters. The van der Waals surface area contributed by atoms with Gasteiger partial charge in [0.15, 0.2) is 5.96 Å². The van der Waals surface area contributed by atoms with Crippen molar-refractivity contribution in [3.05, 3.63) is 57.8 Å². The number of hydrogen-bond donors (Lipinski definition) is 3. The molecule has 7 heteroatoms. The highest BCUT2D eigenvalue weighted by Crippen LogP contribution is 2.09. The second kappa shape index (κ2) is 11.3. The smallest absolute Gasteiger partial charge is 0.251 e. The van der Waals surface area contributed by atoms with E-state index in [1.165, 1.54) is 5.56 Å². The Morgan fingerprint density at radius 2 is 1.93 bits per heavy atom. The lowest BCUT2D eigenvalue weighted by Crippen LogP contribution is -2.40. The number of halogens is 1. The molecule has 0 saturated heterocycles. The summed E-state index contributed by atoms with van der Waals surface area (Å²) in [4.78, 5) is 16.9. The van der Waals surface area contributed by atoms with E-state index in [9.17, 15) is 4.79 Å². The Morgan fingerprint density at radius 3 is 2.56 bits per heavy atom. The number of aliphatic imine (C=N–C) groups is 1. The molecule has 0 saturated carbocycles. The zero-order valence-electron chi connectivity index (χ0n) is 16.3. The second-order valence-electron chi connectivity index (χ2n) is 7.08. The number of rotatable bonds is 6. The van der Waals surface area contributed by atoms with Gasteiger partial charge >= 0.3 is 0 Å². The fourth-order valence-electron chi connectivity index (χ4n) is 2.32. The molecule has 148 valence electrons. The summed E-state index contributed by atoms with van der Waals surface area (Å²) >= 11 is 1.67. The van der Waals surface area contributed by atoms with Gasteiger partial charge in [0, 0.05) is 24.2 Å². The number of carbonyl (C=O) groups excluding carboxylic acids is 1. The predicted molar refractivity (Wildman–Crippen MR) is 125 cm³/mol. The van der Waals surface area contributed by atoms with E-state index in [0.717, 1.165) is 18.1 Å². The molecular weight excluding hydrogens is 471 g/mol. The van der Waals surface area contributed by atoms with Crippen LogP contribution < -0.4 is 16.0 Å². The summed E-state index contributed by atoms with van der Waals surface area (Å²) in [6.07, 6.45) is 0. The summed E-state index contributed by atoms with van der Waals surface area (Å²) in [6, 6.07) is 9.74. The van der Waals surface area contributed by atoms with Crippen LogP contribution in [0.25, 0.3) is 0 Å². The molecule has 0 atom stereocenters. The van der Waals surface area contributed by atoms with Crippen LogP contribution in [0.4, 0.5) is 0 Å². The first-order chi connectivity index (χ1) is 12.4. The van der Waals surface area contributed by atoms with Crippen molar-refractivity contribution in [3.8, 4) is 0 Å². The van der Waals surface area contributed by atoms with E-state index in [0.29, 0.717) is 18.7 Å². The molecule has 2 aromatic rings. The summed E-state index contributed by atoms with van der Waals surface area (Å²) in [7, 11) is 0. The van der Waals surface area contributed by atoms with Crippen LogP contribution >= 0.6 is 35.3 Å². The van der Waals surface area contributed by atoms with E-state index < -0.39 is 0 Å². The molecule has 0 fully saturated rings. The number of nitrogens with one attached hydrogen (secondary N) is 3. The van der Waals surface area contributed by atoms with Gasteiger partial charge in [-0.05, 0) is 67.8 Å². The maximum absolute atomic E-state index is 12.3. The highest BCUT2D eigenvalue weighted by molar-refractivity contribution is 14.0. The maximum atomic E-state index is 12.3. The third-order valence-corrected chi connectivity index (χ3v) is 4.21. The minimum atomic E-state index is -0.252. The number of benzene rings is 1. The minimum absolute atomic E-state index is 0. The molecule has 1 aromatic carbocycles. The first-order valence-corrected chi connectivity index (χ1v) is 9.76. The van der Waals surface area contributed by atoms with Crippen molar-refractivity contribution in [2.45, 2.75) is 46.3 Å². The van der Waals surface area contributed by atoms with E-state index in [1.807, 2.05) is 52.0 Å². The van der Waals surface area contributed by atoms with Gasteiger partial charge in [0.2, 0.25) is 0 Å². The van der Waals surface area contributed by atoms with Crippen LogP contribution in [0.2, 0.25) is 0 Å². The van der Waals surface area contributed by atoms with Gasteiger partial charge in [-0.25, -0.2) is 4.99 Å². The van der Waals surface area contributed by atoms with Gasteiger partial charge < -0.3 is 16.0 Å². The molecule has 1 aromatic heterocycles. The molecule has 1 amide bonds. The summed E-state index contributed by atoms with van der Waals surface area (Å²) in [5.74, 6) is 0.709. The largest absolute Gasteiger partial charge is 0.357 e. The van der Waals surface area contributed by atoms with Crippen molar-refractivity contribution < 1.29 is 4.79 Å². The number of nitrogens with zero attached hydrogens (tertiary/aromatic N) is 1. The van der Waals surface area contributed by atoms with Crippen LogP contribution in [-0.2, 0) is 13.1 Å². The van der Waals surface area contributed by atoms with Crippen LogP contribution in [0.15, 0.2) is 46.1 Å². The van der Waals surface area contributed by atoms with Gasteiger partial charge in [0.05, 0.1) is 6.54 Å². The molecule has 3 N–H and O–H groups in total. The van der Waals surface area contributed by atoms with Crippen molar-refractivity contribution in [2.75, 3.05) is 6.54 Å². The van der Waals surface area contributed by atoms with Crippen molar-refractivity contribution in [1.82, 2.24) is 16.0 Å². The number of hydrogen-bond acceptors (Lipinski definition) is 3. The molecule has 27 heavy (non-hydrogen) atoms. The summed E-state index contributed by atoms with van der Waals surface area (Å²) in [6.45, 7) is 10.0. The Labute approximate surface area is 183 Å². The Morgan fingerprint density at radius 1 is 1.15 bits per heavy atom. The Kier molecular flexibility index (Phi) is 9.79. The number of thiophene rings is 1. The van der Waals surface area contributed by atoms with Crippen molar-refractivity contribution in [3.63, 3.8) is 0 Å². The molecule has 2 rings (SSSR count). The lowest BCUT2D eigenvalue weighted by Gasteiger charge is -2.20. The normalized spacial score (nSPS) is 11.5. The standard InChI is InChI=1S/C20H28N4OS.HI/c1-5-21-19(23-13-16-9-10-26-14-16)22-12-15-7-6-8-17(11-15)18(25)24-20(2,3)4;/h6-11,14H,5,12-13H2,1-4H3,(H,24,25)(H2,21,22,23);1H. The van der Waals surface area contributed by atoms with Crippen molar-refractivity contribution >= 4 is 47.2 Å². The Balaban J connectivity index is 0.00000364. The summed E-state index contributed by atoms with van der Waals surface area (Å²) < 4.78 is 0. The highest BCUT2D eigenvalue weighted by atomic mass is 127. The van der Waals surface area contributed by atoms with Crippen molar-refractivity contribution in [1.29, 1.82) is 0 Å². The second-order valence-corrected chi connectivity index (χ2v) is 7.86. The van der Waals surface area contributed by atoms with Crippen LogP contribution in [0, 0.1) is 0 Å². The van der Waals surface area contributed by atoms with Gasteiger partial charge in [0.25, 0.3) is 5.91 Å². The van der Waals surface area contributed by atoms with Gasteiger partial charge in [-0.3, -0.25) is 4.79 Å². The van der Waals surface area contributed by atoms with E-state index in [-0.39, 0.29) is 35.4 Å². The quantitative estimate of drug-likeness (QED) is 0.317. The zero-order chi connectivity index (χ0) is 19.0. The third-order valence-electron chi connectivity index (χ3n) is 3.48. The first kappa shape index (κ1) is 23.4. The average molecular weight is 500 g/mol. The molecule has 0 spiro atoms. The van der Waals surface area contributed by atoms with E-state index >= 15 is 0 Å². The Bertz CT molecular complexity index is 739. The van der Waals surface area contributed by atoms with E-state index in [4.69, 9.17) is 0 Å². The maximum Gasteiger partial charge on any atom is 0.251 e. The topological polar surface area (TPSA) is 65.5 Å². The van der Waals surface area contributed by atoms with Crippen LogP contribution in [0.3, 0.4) is 0 Å². The van der Waals surface area contributed by atoms with Gasteiger partial charge in [0.1, 0.15) is 0 Å². The van der Waals surface area contributed by atoms with Gasteiger partial charge in [-0.2, -0.15) is 11.3 Å². The van der Waals surface area contributed by atoms with Crippen molar-refractivity contribution in [2.24, 2.45) is 4.99 Å². The van der Waals surface area contributed by atoms with E-state index in [1.54, 1.807) is 11.3 Å². The monoisotopic (exact) mass is 500 g/mol.